The fourth-order valence-electron chi connectivity index (χ4n) is 3.75. The molecule has 1 aromatic heterocycles. The van der Waals surface area contributed by atoms with E-state index in [1.54, 1.807) is 3.58 Å². The Balaban J connectivity index is 2.41. The van der Waals surface area contributed by atoms with Crippen molar-refractivity contribution in [1.82, 2.24) is 4.98 Å². The summed E-state index contributed by atoms with van der Waals surface area (Å²) in [6.07, 6.45) is 10.2. The first-order valence-electron chi connectivity index (χ1n) is 9.61. The van der Waals surface area contributed by atoms with Gasteiger partial charge in [0.2, 0.25) is 0 Å². The van der Waals surface area contributed by atoms with E-state index in [0.29, 0.717) is 0 Å². The fraction of sp³-hybridized carbons (Fsp3) is 0.571. The Bertz CT molecular complexity index is 571. The molecule has 0 bridgehead atoms. The van der Waals surface area contributed by atoms with Crippen molar-refractivity contribution < 1.29 is 0 Å². The van der Waals surface area contributed by atoms with Gasteiger partial charge in [-0.3, -0.25) is 0 Å². The van der Waals surface area contributed by atoms with Crippen LogP contribution in [-0.2, 0) is 0 Å². The summed E-state index contributed by atoms with van der Waals surface area (Å²) in [6, 6.07) is 11.5. The van der Waals surface area contributed by atoms with Gasteiger partial charge >= 0.3 is 147 Å². The molecule has 0 amide bonds. The molecule has 126 valence electrons. The molecule has 0 unspecified atom stereocenters. The van der Waals surface area contributed by atoms with Crippen molar-refractivity contribution in [3.8, 4) is 0 Å². The molecule has 0 radical (unpaired) electrons. The number of unbranched alkanes of at least 4 members (excludes halogenated alkanes) is 3. The van der Waals surface area contributed by atoms with E-state index in [1.165, 1.54) is 62.7 Å². The molecule has 0 aliphatic rings. The van der Waals surface area contributed by atoms with Crippen molar-refractivity contribution in [1.29, 1.82) is 0 Å². The van der Waals surface area contributed by atoms with Gasteiger partial charge < -0.3 is 0 Å². The minimum absolute atomic E-state index is 1.20. The normalized spacial score (nSPS) is 12.0. The fourth-order valence-corrected chi connectivity index (χ4v) is 19.7. The third-order valence-electron chi connectivity index (χ3n) is 5.24. The van der Waals surface area contributed by atoms with Gasteiger partial charge in [-0.1, -0.05) is 0 Å². The molecule has 0 saturated carbocycles. The van der Waals surface area contributed by atoms with Crippen LogP contribution in [0.1, 0.15) is 59.3 Å². The molecule has 0 atom stereocenters. The molecule has 23 heavy (non-hydrogen) atoms. The Hall–Kier alpha value is -0.571. The van der Waals surface area contributed by atoms with Crippen LogP contribution in [0.5, 0.6) is 0 Å². The van der Waals surface area contributed by atoms with E-state index in [9.17, 15) is 0 Å². The molecule has 0 saturated heterocycles. The van der Waals surface area contributed by atoms with Crippen LogP contribution in [0.4, 0.5) is 0 Å². The Kier molecular flexibility index (Phi) is 7.88. The predicted octanol–water partition coefficient (Wildman–Crippen LogP) is 6.29. The number of benzene rings is 1. The Morgan fingerprint density at radius 1 is 0.826 bits per heavy atom. The summed E-state index contributed by atoms with van der Waals surface area (Å²) in [5, 5.41) is 1.29. The Labute approximate surface area is 146 Å². The van der Waals surface area contributed by atoms with E-state index in [0.717, 1.165) is 0 Å². The zero-order chi connectivity index (χ0) is 16.5. The van der Waals surface area contributed by atoms with Crippen LogP contribution in [0.3, 0.4) is 0 Å². The average Bonchev–Trinajstić information content (AvgIpc) is 2.61. The topological polar surface area (TPSA) is 12.9 Å². The van der Waals surface area contributed by atoms with Crippen LogP contribution in [-0.4, -0.2) is 23.4 Å². The van der Waals surface area contributed by atoms with Gasteiger partial charge in [-0.25, -0.2) is 0 Å². The second-order valence-corrected chi connectivity index (χ2v) is 20.2. The van der Waals surface area contributed by atoms with E-state index in [4.69, 9.17) is 0 Å². The van der Waals surface area contributed by atoms with Gasteiger partial charge in [0.05, 0.1) is 0 Å². The van der Waals surface area contributed by atoms with Crippen molar-refractivity contribution in [2.24, 2.45) is 0 Å². The summed E-state index contributed by atoms with van der Waals surface area (Å²) in [5.41, 5.74) is 1.20. The molecule has 1 aromatic carbocycles. The van der Waals surface area contributed by atoms with E-state index >= 15 is 0 Å². The van der Waals surface area contributed by atoms with Crippen LogP contribution in [0, 0.1) is 0 Å². The molecule has 0 aliphatic heterocycles. The molecule has 2 rings (SSSR count). The van der Waals surface area contributed by atoms with E-state index < -0.39 is 18.4 Å². The van der Waals surface area contributed by atoms with E-state index in [-0.39, 0.29) is 0 Å². The molecule has 1 nitrogen and oxygen atoms in total. The molecule has 0 spiro atoms. The van der Waals surface area contributed by atoms with Crippen molar-refractivity contribution in [3.05, 3.63) is 36.5 Å². The van der Waals surface area contributed by atoms with Crippen LogP contribution in [0.25, 0.3) is 10.9 Å². The van der Waals surface area contributed by atoms with Gasteiger partial charge in [0.15, 0.2) is 0 Å². The number of pyridine rings is 1. The summed E-state index contributed by atoms with van der Waals surface area (Å²) in [7, 11) is 0. The molecule has 1 heterocycles. The zero-order valence-electron chi connectivity index (χ0n) is 15.3. The van der Waals surface area contributed by atoms with Crippen LogP contribution >= 0.6 is 0 Å². The Morgan fingerprint density at radius 3 is 2.00 bits per heavy atom. The number of rotatable bonds is 10. The molecule has 0 fully saturated rings. The average molecular weight is 418 g/mol. The Morgan fingerprint density at radius 2 is 1.43 bits per heavy atom. The second kappa shape index (κ2) is 9.66. The maximum atomic E-state index is 4.63. The first kappa shape index (κ1) is 18.8. The number of hydrogen-bond acceptors (Lipinski definition) is 1. The standard InChI is InChI=1S/C9H6N.3C4H9.Sn/c1-2-6-9-8(4-1)5-3-7-10-9;3*1-3-4-2;/h1,3-7H;3*1,3-4H2,2H3;. The number of hydrogen-bond donors (Lipinski definition) is 0. The third kappa shape index (κ3) is 4.95. The molecule has 2 heteroatoms. The second-order valence-electron chi connectivity index (χ2n) is 7.00. The van der Waals surface area contributed by atoms with Crippen molar-refractivity contribution in [3.63, 3.8) is 0 Å². The van der Waals surface area contributed by atoms with E-state index in [1.807, 2.05) is 12.3 Å². The van der Waals surface area contributed by atoms with Gasteiger partial charge in [0, 0.05) is 0 Å². The molecular formula is C21H33NSn. The summed E-state index contributed by atoms with van der Waals surface area (Å²) >= 11 is -2.29. The first-order valence-corrected chi connectivity index (χ1v) is 17.1. The van der Waals surface area contributed by atoms with Crippen LogP contribution in [0.15, 0.2) is 36.5 Å². The number of nitrogens with zero attached hydrogens (tertiary/aromatic N) is 1. The monoisotopic (exact) mass is 419 g/mol. The van der Waals surface area contributed by atoms with E-state index in [2.05, 4.69) is 50.0 Å². The summed E-state index contributed by atoms with van der Waals surface area (Å²) < 4.78 is 6.33. The predicted molar refractivity (Wildman–Crippen MR) is 106 cm³/mol. The third-order valence-corrected chi connectivity index (χ3v) is 20.9. The van der Waals surface area contributed by atoms with Gasteiger partial charge in [-0.15, -0.1) is 0 Å². The summed E-state index contributed by atoms with van der Waals surface area (Å²) in [6.45, 7) is 7.04. The van der Waals surface area contributed by atoms with Crippen LogP contribution in [0.2, 0.25) is 13.3 Å². The number of aromatic nitrogens is 1. The van der Waals surface area contributed by atoms with Crippen molar-refractivity contribution in [2.75, 3.05) is 0 Å². The van der Waals surface area contributed by atoms with Crippen molar-refractivity contribution >= 4 is 32.9 Å². The van der Waals surface area contributed by atoms with Gasteiger partial charge in [0.1, 0.15) is 0 Å². The minimum atomic E-state index is -2.29. The summed E-state index contributed by atoms with van der Waals surface area (Å²) in [5.74, 6) is 0. The molecule has 2 aromatic rings. The molecular weight excluding hydrogens is 385 g/mol. The van der Waals surface area contributed by atoms with Gasteiger partial charge in [-0.2, -0.15) is 0 Å². The van der Waals surface area contributed by atoms with Crippen LogP contribution < -0.4 is 3.58 Å². The molecule has 0 N–H and O–H groups in total. The zero-order valence-corrected chi connectivity index (χ0v) is 18.1. The summed E-state index contributed by atoms with van der Waals surface area (Å²) in [4.78, 5) is 4.63. The SMILES string of the molecule is CCC[CH2][Sn]([CH2]CCC)([CH2]CCC)[c]1ccc2cccnc2c1. The maximum absolute atomic E-state index is 4.63. The quantitative estimate of drug-likeness (QED) is 0.414. The van der Waals surface area contributed by atoms with Crippen molar-refractivity contribution in [2.45, 2.75) is 72.6 Å². The molecule has 0 aliphatic carbocycles. The van der Waals surface area contributed by atoms with Gasteiger partial charge in [0.25, 0.3) is 0 Å². The first-order chi connectivity index (χ1) is 11.3. The number of fused-ring (bicyclic) bond motifs is 1. The van der Waals surface area contributed by atoms with Gasteiger partial charge in [-0.05, 0) is 0 Å².